The summed E-state index contributed by atoms with van der Waals surface area (Å²) in [4.78, 5) is 19.7. The third kappa shape index (κ3) is 4.04. The van der Waals surface area contributed by atoms with Gasteiger partial charge in [-0.3, -0.25) is 9.48 Å². The molecule has 1 atom stereocenters. The predicted molar refractivity (Wildman–Crippen MR) is 127 cm³/mol. The van der Waals surface area contributed by atoms with Gasteiger partial charge in [-0.2, -0.15) is 5.10 Å². The van der Waals surface area contributed by atoms with Crippen molar-refractivity contribution in [2.24, 2.45) is 7.05 Å². The topological polar surface area (TPSA) is 79.5 Å². The van der Waals surface area contributed by atoms with Crippen LogP contribution in [0.4, 0.5) is 15.8 Å². The van der Waals surface area contributed by atoms with E-state index < -0.39 is 5.82 Å². The number of anilines is 2. The number of amides is 1. The predicted octanol–water partition coefficient (Wildman–Crippen LogP) is 3.50. The Hall–Kier alpha value is -3.46. The summed E-state index contributed by atoms with van der Waals surface area (Å²) in [6.07, 6.45) is 6.40. The quantitative estimate of drug-likeness (QED) is 0.488. The van der Waals surface area contributed by atoms with E-state index in [-0.39, 0.29) is 11.6 Å². The van der Waals surface area contributed by atoms with Gasteiger partial charge in [-0.25, -0.2) is 9.37 Å². The van der Waals surface area contributed by atoms with Crippen LogP contribution in [0.3, 0.4) is 0 Å². The molecule has 0 radical (unpaired) electrons. The molecule has 4 aromatic rings. The van der Waals surface area contributed by atoms with Crippen LogP contribution in [0.2, 0.25) is 0 Å². The molecule has 1 aliphatic heterocycles. The summed E-state index contributed by atoms with van der Waals surface area (Å²) in [5, 5.41) is 11.9. The van der Waals surface area contributed by atoms with Gasteiger partial charge in [0.15, 0.2) is 11.5 Å². The summed E-state index contributed by atoms with van der Waals surface area (Å²) < 4.78 is 17.7. The number of pyridine rings is 1. The summed E-state index contributed by atoms with van der Waals surface area (Å²) in [5.74, 6) is -0.820. The fourth-order valence-corrected chi connectivity index (χ4v) is 4.70. The highest BCUT2D eigenvalue weighted by Gasteiger charge is 2.26. The van der Waals surface area contributed by atoms with Crippen molar-refractivity contribution in [1.82, 2.24) is 24.5 Å². The number of nitrogens with one attached hydrogen (secondary N) is 2. The molecule has 3 aromatic heterocycles. The monoisotopic (exact) mass is 449 g/mol. The molecular formula is C24H28FN7O. The van der Waals surface area contributed by atoms with Crippen molar-refractivity contribution in [3.8, 4) is 0 Å². The van der Waals surface area contributed by atoms with E-state index in [2.05, 4.69) is 39.5 Å². The minimum atomic E-state index is -0.488. The number of carbonyl (C=O) groups excluding carboxylic acids is 1. The van der Waals surface area contributed by atoms with Crippen molar-refractivity contribution in [2.75, 3.05) is 23.3 Å². The zero-order valence-corrected chi connectivity index (χ0v) is 19.3. The number of aromatic nitrogens is 4. The SMILES string of the molecule is Cc1cn2cc(NC(=O)c3ccc(N4CC[C@H](NC(C)C)C4)c4cn(C)nc34)cc(F)c2n1. The lowest BCUT2D eigenvalue weighted by Gasteiger charge is -2.21. The maximum atomic E-state index is 14.4. The van der Waals surface area contributed by atoms with Gasteiger partial charge in [-0.15, -0.1) is 0 Å². The highest BCUT2D eigenvalue weighted by Crippen LogP contribution is 2.31. The molecular weight excluding hydrogens is 421 g/mol. The summed E-state index contributed by atoms with van der Waals surface area (Å²) in [7, 11) is 1.85. The van der Waals surface area contributed by atoms with Gasteiger partial charge in [0.2, 0.25) is 0 Å². The summed E-state index contributed by atoms with van der Waals surface area (Å²) in [6, 6.07) is 5.96. The fraction of sp³-hybridized carbons (Fsp3) is 0.375. The molecule has 5 rings (SSSR count). The van der Waals surface area contributed by atoms with Crippen molar-refractivity contribution < 1.29 is 9.18 Å². The molecule has 0 bridgehead atoms. The number of hydrogen-bond acceptors (Lipinski definition) is 5. The average Bonchev–Trinajstić information content (AvgIpc) is 3.44. The van der Waals surface area contributed by atoms with E-state index in [1.54, 1.807) is 34.5 Å². The second-order valence-corrected chi connectivity index (χ2v) is 9.09. The van der Waals surface area contributed by atoms with Gasteiger partial charge in [0.25, 0.3) is 5.91 Å². The fourth-order valence-electron chi connectivity index (χ4n) is 4.70. The number of aryl methyl sites for hydroxylation is 2. The van der Waals surface area contributed by atoms with Crippen LogP contribution in [-0.2, 0) is 7.05 Å². The van der Waals surface area contributed by atoms with E-state index in [4.69, 9.17) is 0 Å². The first-order valence-electron chi connectivity index (χ1n) is 11.2. The molecule has 9 heteroatoms. The second kappa shape index (κ2) is 8.15. The number of nitrogens with zero attached hydrogens (tertiary/aromatic N) is 5. The van der Waals surface area contributed by atoms with Gasteiger partial charge >= 0.3 is 0 Å². The van der Waals surface area contributed by atoms with Crippen LogP contribution in [0, 0.1) is 12.7 Å². The van der Waals surface area contributed by atoms with Crippen LogP contribution >= 0.6 is 0 Å². The molecule has 1 amide bonds. The van der Waals surface area contributed by atoms with E-state index in [9.17, 15) is 9.18 Å². The van der Waals surface area contributed by atoms with E-state index in [1.165, 1.54) is 6.07 Å². The van der Waals surface area contributed by atoms with Crippen LogP contribution in [0.15, 0.2) is 36.8 Å². The van der Waals surface area contributed by atoms with Crippen LogP contribution in [-0.4, -0.2) is 50.2 Å². The third-order valence-electron chi connectivity index (χ3n) is 5.99. The summed E-state index contributed by atoms with van der Waals surface area (Å²) in [5.41, 5.74) is 3.45. The zero-order chi connectivity index (χ0) is 23.3. The number of carbonyl (C=O) groups is 1. The molecule has 0 saturated carbocycles. The van der Waals surface area contributed by atoms with Crippen molar-refractivity contribution >= 4 is 33.8 Å². The third-order valence-corrected chi connectivity index (χ3v) is 5.99. The molecule has 2 N–H and O–H groups in total. The molecule has 33 heavy (non-hydrogen) atoms. The molecule has 1 aromatic carbocycles. The molecule has 0 unspecified atom stereocenters. The van der Waals surface area contributed by atoms with Crippen molar-refractivity contribution in [3.63, 3.8) is 0 Å². The van der Waals surface area contributed by atoms with E-state index in [0.717, 1.165) is 30.6 Å². The van der Waals surface area contributed by atoms with Gasteiger partial charge in [-0.05, 0) is 25.5 Å². The Morgan fingerprint density at radius 3 is 2.85 bits per heavy atom. The van der Waals surface area contributed by atoms with Gasteiger partial charge < -0.3 is 19.9 Å². The van der Waals surface area contributed by atoms with Crippen LogP contribution in [0.5, 0.6) is 0 Å². The van der Waals surface area contributed by atoms with Crippen molar-refractivity contribution in [3.05, 3.63) is 53.9 Å². The number of imidazole rings is 1. The normalized spacial score (nSPS) is 16.4. The van der Waals surface area contributed by atoms with Gasteiger partial charge in [-0.1, -0.05) is 13.8 Å². The summed E-state index contributed by atoms with van der Waals surface area (Å²) >= 11 is 0. The molecule has 1 fully saturated rings. The molecule has 4 heterocycles. The largest absolute Gasteiger partial charge is 0.369 e. The first-order valence-corrected chi connectivity index (χ1v) is 11.2. The highest BCUT2D eigenvalue weighted by molar-refractivity contribution is 6.13. The molecule has 0 aliphatic carbocycles. The Kier molecular flexibility index (Phi) is 5.28. The number of rotatable bonds is 5. The maximum absolute atomic E-state index is 14.4. The first-order chi connectivity index (χ1) is 15.8. The summed E-state index contributed by atoms with van der Waals surface area (Å²) in [6.45, 7) is 7.98. The maximum Gasteiger partial charge on any atom is 0.257 e. The van der Waals surface area contributed by atoms with Crippen LogP contribution < -0.4 is 15.5 Å². The minimum Gasteiger partial charge on any atom is -0.369 e. The lowest BCUT2D eigenvalue weighted by molar-refractivity contribution is 0.102. The minimum absolute atomic E-state index is 0.234. The number of benzene rings is 1. The van der Waals surface area contributed by atoms with Crippen LogP contribution in [0.25, 0.3) is 16.6 Å². The van der Waals surface area contributed by atoms with E-state index >= 15 is 0 Å². The lowest BCUT2D eigenvalue weighted by Crippen LogP contribution is -2.37. The Morgan fingerprint density at radius 2 is 2.06 bits per heavy atom. The zero-order valence-electron chi connectivity index (χ0n) is 19.3. The smallest absolute Gasteiger partial charge is 0.257 e. The average molecular weight is 450 g/mol. The Bertz CT molecular complexity index is 1360. The highest BCUT2D eigenvalue weighted by atomic mass is 19.1. The molecule has 0 spiro atoms. The lowest BCUT2D eigenvalue weighted by atomic mass is 10.1. The molecule has 1 aliphatic rings. The van der Waals surface area contributed by atoms with Gasteiger partial charge in [0, 0.05) is 68.0 Å². The molecule has 1 saturated heterocycles. The van der Waals surface area contributed by atoms with Gasteiger partial charge in [0.1, 0.15) is 5.52 Å². The Labute approximate surface area is 191 Å². The van der Waals surface area contributed by atoms with Gasteiger partial charge in [0.05, 0.1) is 16.9 Å². The second-order valence-electron chi connectivity index (χ2n) is 9.09. The standard InChI is InChI=1S/C24H28FN7O/c1-14(2)26-16-7-8-31(11-16)21-6-5-18(22-19(21)13-30(4)29-22)24(33)28-17-9-20(25)23-27-15(3)10-32(23)12-17/h5-6,9-10,12-14,16,26H,7-8,11H2,1-4H3,(H,28,33)/t16-/m0/s1. The Morgan fingerprint density at radius 1 is 1.24 bits per heavy atom. The number of halogens is 1. The van der Waals surface area contributed by atoms with E-state index in [1.807, 2.05) is 19.3 Å². The Balaban J connectivity index is 1.44. The van der Waals surface area contributed by atoms with Crippen molar-refractivity contribution in [1.29, 1.82) is 0 Å². The number of fused-ring (bicyclic) bond motifs is 2. The van der Waals surface area contributed by atoms with Crippen LogP contribution in [0.1, 0.15) is 36.3 Å². The first kappa shape index (κ1) is 21.4. The van der Waals surface area contributed by atoms with Crippen molar-refractivity contribution in [2.45, 2.75) is 39.3 Å². The number of hydrogen-bond donors (Lipinski definition) is 2. The molecule has 172 valence electrons. The molecule has 8 nitrogen and oxygen atoms in total. The van der Waals surface area contributed by atoms with E-state index in [0.29, 0.717) is 34.5 Å².